The molecule has 1 aromatic heterocycles. The van der Waals surface area contributed by atoms with Gasteiger partial charge < -0.3 is 10.4 Å². The van der Waals surface area contributed by atoms with Crippen molar-refractivity contribution in [3.8, 4) is 0 Å². The Morgan fingerprint density at radius 2 is 2.57 bits per heavy atom. The average Bonchev–Trinajstić information content (AvgIpc) is 2.56. The lowest BCUT2D eigenvalue weighted by Crippen LogP contribution is -2.15. The highest BCUT2D eigenvalue weighted by atomic mass is 32.1. The van der Waals surface area contributed by atoms with E-state index in [2.05, 4.69) is 10.3 Å². The molecule has 0 fully saturated rings. The number of anilines is 1. The van der Waals surface area contributed by atoms with Gasteiger partial charge in [-0.15, -0.1) is 11.3 Å². The topological polar surface area (TPSA) is 62.2 Å². The maximum absolute atomic E-state index is 10.3. The minimum atomic E-state index is -0.730. The number of aromatic nitrogens is 1. The molecule has 14 heavy (non-hydrogen) atoms. The molecule has 78 valence electrons. The molecule has 0 saturated carbocycles. The average molecular weight is 214 g/mol. The van der Waals surface area contributed by atoms with Gasteiger partial charge in [0.25, 0.3) is 0 Å². The molecule has 0 aliphatic carbocycles. The number of nitrogens with zero attached hydrogens (tertiary/aromatic N) is 1. The predicted molar refractivity (Wildman–Crippen MR) is 56.7 cm³/mol. The van der Waals surface area contributed by atoms with Crippen LogP contribution in [-0.4, -0.2) is 22.1 Å². The van der Waals surface area contributed by atoms with Crippen molar-refractivity contribution in [2.75, 3.05) is 5.32 Å². The predicted octanol–water partition coefficient (Wildman–Crippen LogP) is 2.20. The summed E-state index contributed by atoms with van der Waals surface area (Å²) in [4.78, 5) is 14.4. The van der Waals surface area contributed by atoms with Crippen LogP contribution in [0.1, 0.15) is 26.2 Å². The van der Waals surface area contributed by atoms with Crippen LogP contribution in [0.25, 0.3) is 0 Å². The molecule has 0 spiro atoms. The Balaban J connectivity index is 2.16. The molecule has 0 aromatic carbocycles. The van der Waals surface area contributed by atoms with E-state index in [9.17, 15) is 4.79 Å². The minimum Gasteiger partial charge on any atom is -0.481 e. The lowest BCUT2D eigenvalue weighted by atomic mass is 10.1. The number of aliphatic carboxylic acids is 1. The summed E-state index contributed by atoms with van der Waals surface area (Å²) in [5, 5.41) is 14.5. The molecule has 1 aromatic rings. The van der Waals surface area contributed by atoms with Gasteiger partial charge in [0, 0.05) is 24.0 Å². The van der Waals surface area contributed by atoms with Crippen LogP contribution in [0, 0.1) is 0 Å². The van der Waals surface area contributed by atoms with Gasteiger partial charge in [0.15, 0.2) is 5.13 Å². The Bertz CT molecular complexity index is 274. The zero-order valence-electron chi connectivity index (χ0n) is 8.06. The van der Waals surface area contributed by atoms with Crippen molar-refractivity contribution < 1.29 is 9.90 Å². The summed E-state index contributed by atoms with van der Waals surface area (Å²) in [5.74, 6) is -0.730. The van der Waals surface area contributed by atoms with Gasteiger partial charge in [0.2, 0.25) is 0 Å². The van der Waals surface area contributed by atoms with Crippen molar-refractivity contribution in [2.24, 2.45) is 0 Å². The Kier molecular flexibility index (Phi) is 4.39. The summed E-state index contributed by atoms with van der Waals surface area (Å²) in [7, 11) is 0. The Hall–Kier alpha value is -1.10. The zero-order chi connectivity index (χ0) is 10.4. The van der Waals surface area contributed by atoms with E-state index in [1.807, 2.05) is 12.3 Å². The van der Waals surface area contributed by atoms with Crippen molar-refractivity contribution in [2.45, 2.75) is 32.2 Å². The highest BCUT2D eigenvalue weighted by molar-refractivity contribution is 7.13. The van der Waals surface area contributed by atoms with Crippen molar-refractivity contribution in [3.63, 3.8) is 0 Å². The molecule has 0 saturated heterocycles. The Morgan fingerprint density at radius 3 is 3.14 bits per heavy atom. The number of hydrogen-bond donors (Lipinski definition) is 2. The Morgan fingerprint density at radius 1 is 1.79 bits per heavy atom. The molecule has 0 radical (unpaired) electrons. The molecule has 0 aliphatic rings. The van der Waals surface area contributed by atoms with Crippen LogP contribution in [0.2, 0.25) is 0 Å². The monoisotopic (exact) mass is 214 g/mol. The van der Waals surface area contributed by atoms with E-state index in [1.165, 1.54) is 0 Å². The largest absolute Gasteiger partial charge is 0.481 e. The molecular weight excluding hydrogens is 200 g/mol. The summed E-state index contributed by atoms with van der Waals surface area (Å²) < 4.78 is 0. The molecule has 1 unspecified atom stereocenters. The fourth-order valence-corrected chi connectivity index (χ4v) is 1.78. The highest BCUT2D eigenvalue weighted by Gasteiger charge is 2.04. The maximum Gasteiger partial charge on any atom is 0.303 e. The van der Waals surface area contributed by atoms with Gasteiger partial charge in [-0.05, 0) is 19.8 Å². The fraction of sp³-hybridized carbons (Fsp3) is 0.556. The van der Waals surface area contributed by atoms with Crippen molar-refractivity contribution in [3.05, 3.63) is 11.6 Å². The van der Waals surface area contributed by atoms with E-state index in [0.717, 1.165) is 11.6 Å². The molecule has 0 bridgehead atoms. The molecule has 2 N–H and O–H groups in total. The van der Waals surface area contributed by atoms with Crippen LogP contribution in [0.3, 0.4) is 0 Å². The third kappa shape index (κ3) is 4.23. The first-order valence-corrected chi connectivity index (χ1v) is 5.44. The van der Waals surface area contributed by atoms with E-state index in [1.54, 1.807) is 17.5 Å². The van der Waals surface area contributed by atoms with Gasteiger partial charge >= 0.3 is 5.97 Å². The van der Waals surface area contributed by atoms with Crippen LogP contribution in [-0.2, 0) is 4.79 Å². The second kappa shape index (κ2) is 5.59. The van der Waals surface area contributed by atoms with E-state index >= 15 is 0 Å². The van der Waals surface area contributed by atoms with Gasteiger partial charge in [-0.2, -0.15) is 0 Å². The fourth-order valence-electron chi connectivity index (χ4n) is 1.14. The number of rotatable bonds is 6. The van der Waals surface area contributed by atoms with Gasteiger partial charge in [-0.1, -0.05) is 0 Å². The number of carboxylic acid groups (broad SMARTS) is 1. The van der Waals surface area contributed by atoms with Crippen molar-refractivity contribution in [1.82, 2.24) is 4.98 Å². The van der Waals surface area contributed by atoms with Gasteiger partial charge in [-0.25, -0.2) is 4.98 Å². The first kappa shape index (κ1) is 11.0. The number of nitrogens with one attached hydrogen (secondary N) is 1. The lowest BCUT2D eigenvalue weighted by Gasteiger charge is -2.11. The van der Waals surface area contributed by atoms with Crippen LogP contribution in [0.4, 0.5) is 5.13 Å². The van der Waals surface area contributed by atoms with E-state index in [-0.39, 0.29) is 12.5 Å². The maximum atomic E-state index is 10.3. The Labute approximate surface area is 87.0 Å². The molecule has 0 aliphatic heterocycles. The summed E-state index contributed by atoms with van der Waals surface area (Å²) in [6.45, 7) is 2.03. The summed E-state index contributed by atoms with van der Waals surface area (Å²) in [6, 6.07) is 0.278. The third-order valence-electron chi connectivity index (χ3n) is 1.83. The van der Waals surface area contributed by atoms with Crippen LogP contribution in [0.5, 0.6) is 0 Å². The van der Waals surface area contributed by atoms with Crippen LogP contribution >= 0.6 is 11.3 Å². The van der Waals surface area contributed by atoms with E-state index in [4.69, 9.17) is 5.11 Å². The highest BCUT2D eigenvalue weighted by Crippen LogP contribution is 2.13. The second-order valence-electron chi connectivity index (χ2n) is 3.17. The zero-order valence-corrected chi connectivity index (χ0v) is 8.88. The molecule has 1 atom stereocenters. The van der Waals surface area contributed by atoms with E-state index < -0.39 is 5.97 Å². The first-order valence-electron chi connectivity index (χ1n) is 4.56. The van der Waals surface area contributed by atoms with Crippen LogP contribution < -0.4 is 5.32 Å². The van der Waals surface area contributed by atoms with Crippen LogP contribution in [0.15, 0.2) is 11.6 Å². The first-order chi connectivity index (χ1) is 6.68. The molecular formula is C9H14N2O2S. The quantitative estimate of drug-likeness (QED) is 0.762. The SMILES string of the molecule is CC(CCCC(=O)O)Nc1nccs1. The van der Waals surface area contributed by atoms with Crippen molar-refractivity contribution in [1.29, 1.82) is 0 Å². The number of hydrogen-bond acceptors (Lipinski definition) is 4. The smallest absolute Gasteiger partial charge is 0.303 e. The number of carbonyl (C=O) groups is 1. The molecule has 1 heterocycles. The van der Waals surface area contributed by atoms with Gasteiger partial charge in [0.05, 0.1) is 0 Å². The van der Waals surface area contributed by atoms with Crippen molar-refractivity contribution >= 4 is 22.4 Å². The molecule has 0 amide bonds. The molecule has 5 heteroatoms. The third-order valence-corrected chi connectivity index (χ3v) is 2.53. The lowest BCUT2D eigenvalue weighted by molar-refractivity contribution is -0.137. The summed E-state index contributed by atoms with van der Waals surface area (Å²) >= 11 is 1.55. The van der Waals surface area contributed by atoms with E-state index in [0.29, 0.717) is 6.42 Å². The number of carboxylic acids is 1. The van der Waals surface area contributed by atoms with Gasteiger partial charge in [-0.3, -0.25) is 4.79 Å². The van der Waals surface area contributed by atoms with Gasteiger partial charge in [0.1, 0.15) is 0 Å². The molecule has 4 nitrogen and oxygen atoms in total. The second-order valence-corrected chi connectivity index (χ2v) is 4.06. The minimum absolute atomic E-state index is 0.240. The standard InChI is InChI=1S/C9H14N2O2S/c1-7(3-2-4-8(12)13)11-9-10-5-6-14-9/h5-7H,2-4H2,1H3,(H,10,11)(H,12,13). The molecule has 1 rings (SSSR count). The number of thiazole rings is 1. The summed E-state index contributed by atoms with van der Waals surface area (Å²) in [5.41, 5.74) is 0. The summed E-state index contributed by atoms with van der Waals surface area (Å²) in [6.07, 6.45) is 3.54. The normalized spacial score (nSPS) is 12.4.